The highest BCUT2D eigenvalue weighted by atomic mass is 127. The van der Waals surface area contributed by atoms with E-state index in [4.69, 9.17) is 5.73 Å². The first-order valence-electron chi connectivity index (χ1n) is 6.76. The van der Waals surface area contributed by atoms with Gasteiger partial charge >= 0.3 is 0 Å². The zero-order chi connectivity index (χ0) is 12.8. The molecule has 1 aliphatic rings. The number of nitrogens with zero attached hydrogens (tertiary/aromatic N) is 4. The van der Waals surface area contributed by atoms with Gasteiger partial charge in [-0.3, -0.25) is 0 Å². The molecular formula is C12H23IN6. The van der Waals surface area contributed by atoms with Crippen LogP contribution in [-0.4, -0.2) is 27.3 Å². The summed E-state index contributed by atoms with van der Waals surface area (Å²) >= 11 is 0. The van der Waals surface area contributed by atoms with E-state index in [9.17, 15) is 0 Å². The molecule has 6 nitrogen and oxygen atoms in total. The van der Waals surface area contributed by atoms with Crippen LogP contribution >= 0.6 is 24.0 Å². The molecule has 0 amide bonds. The number of nitrogens with one attached hydrogen (secondary N) is 1. The number of guanidine groups is 1. The first-order chi connectivity index (χ1) is 8.81. The first kappa shape index (κ1) is 16.2. The first-order valence-corrected chi connectivity index (χ1v) is 6.76. The van der Waals surface area contributed by atoms with Crippen molar-refractivity contribution in [3.05, 3.63) is 11.6 Å². The van der Waals surface area contributed by atoms with Crippen LogP contribution in [0.25, 0.3) is 0 Å². The average Bonchev–Trinajstić information content (AvgIpc) is 2.61. The van der Waals surface area contributed by atoms with Crippen LogP contribution in [0, 0.1) is 0 Å². The molecule has 1 aliphatic heterocycles. The van der Waals surface area contributed by atoms with Crippen molar-refractivity contribution in [3.8, 4) is 0 Å². The van der Waals surface area contributed by atoms with Crippen molar-refractivity contribution in [2.75, 3.05) is 6.54 Å². The number of hydrogen-bond acceptors (Lipinski definition) is 3. The SMILES string of the molecule is CCCNC(N)=NCc1nnc2n1CCCCC2.I. The van der Waals surface area contributed by atoms with Gasteiger partial charge in [-0.25, -0.2) is 4.99 Å². The average molecular weight is 378 g/mol. The van der Waals surface area contributed by atoms with Crippen molar-refractivity contribution in [3.63, 3.8) is 0 Å². The van der Waals surface area contributed by atoms with Gasteiger partial charge in [-0.2, -0.15) is 0 Å². The topological polar surface area (TPSA) is 81.1 Å². The van der Waals surface area contributed by atoms with Crippen LogP contribution in [0.5, 0.6) is 0 Å². The fraction of sp³-hybridized carbons (Fsp3) is 0.750. The van der Waals surface area contributed by atoms with Crippen molar-refractivity contribution in [1.29, 1.82) is 0 Å². The van der Waals surface area contributed by atoms with E-state index in [1.165, 1.54) is 19.3 Å². The lowest BCUT2D eigenvalue weighted by atomic mass is 10.2. The minimum atomic E-state index is 0. The number of aromatic nitrogens is 3. The predicted molar refractivity (Wildman–Crippen MR) is 86.6 cm³/mol. The van der Waals surface area contributed by atoms with Gasteiger partial charge in [0.1, 0.15) is 12.4 Å². The van der Waals surface area contributed by atoms with Gasteiger partial charge in [0.25, 0.3) is 0 Å². The minimum Gasteiger partial charge on any atom is -0.370 e. The molecule has 19 heavy (non-hydrogen) atoms. The third kappa shape index (κ3) is 4.63. The molecule has 0 aliphatic carbocycles. The summed E-state index contributed by atoms with van der Waals surface area (Å²) in [5.74, 6) is 2.51. The zero-order valence-corrected chi connectivity index (χ0v) is 13.8. The van der Waals surface area contributed by atoms with Crippen molar-refractivity contribution >= 4 is 29.9 Å². The standard InChI is InChI=1S/C12H22N6.HI/c1-2-7-14-12(13)15-9-11-17-16-10-6-4-3-5-8-18(10)11;/h2-9H2,1H3,(H3,13,14,15);1H. The van der Waals surface area contributed by atoms with Gasteiger partial charge in [0.15, 0.2) is 11.8 Å². The summed E-state index contributed by atoms with van der Waals surface area (Å²) in [6.07, 6.45) is 5.75. The number of hydrogen-bond donors (Lipinski definition) is 2. The largest absolute Gasteiger partial charge is 0.370 e. The second kappa shape index (κ2) is 8.34. The molecule has 3 N–H and O–H groups in total. The molecule has 2 rings (SSSR count). The van der Waals surface area contributed by atoms with E-state index in [-0.39, 0.29) is 24.0 Å². The predicted octanol–water partition coefficient (Wildman–Crippen LogP) is 1.44. The highest BCUT2D eigenvalue weighted by Crippen LogP contribution is 2.14. The maximum absolute atomic E-state index is 5.76. The van der Waals surface area contributed by atoms with Crippen molar-refractivity contribution in [2.24, 2.45) is 10.7 Å². The molecule has 7 heteroatoms. The Morgan fingerprint density at radius 3 is 3.00 bits per heavy atom. The van der Waals surface area contributed by atoms with E-state index in [0.717, 1.165) is 37.6 Å². The summed E-state index contributed by atoms with van der Waals surface area (Å²) in [5, 5.41) is 11.5. The number of aryl methyl sites for hydroxylation is 1. The van der Waals surface area contributed by atoms with Crippen LogP contribution in [0.2, 0.25) is 0 Å². The van der Waals surface area contributed by atoms with Gasteiger partial charge in [0.2, 0.25) is 0 Å². The van der Waals surface area contributed by atoms with Crippen LogP contribution < -0.4 is 11.1 Å². The van der Waals surface area contributed by atoms with Crippen molar-refractivity contribution in [2.45, 2.75) is 52.1 Å². The maximum Gasteiger partial charge on any atom is 0.189 e. The molecule has 0 saturated carbocycles. The Kier molecular flexibility index (Phi) is 7.11. The van der Waals surface area contributed by atoms with Crippen molar-refractivity contribution < 1.29 is 0 Å². The maximum atomic E-state index is 5.76. The molecule has 0 bridgehead atoms. The quantitative estimate of drug-likeness (QED) is 0.472. The van der Waals surface area contributed by atoms with E-state index in [2.05, 4.69) is 32.0 Å². The van der Waals surface area contributed by atoms with Gasteiger partial charge < -0.3 is 15.6 Å². The third-order valence-corrected chi connectivity index (χ3v) is 3.13. The Morgan fingerprint density at radius 2 is 2.21 bits per heavy atom. The molecule has 108 valence electrons. The number of rotatable bonds is 4. The minimum absolute atomic E-state index is 0. The summed E-state index contributed by atoms with van der Waals surface area (Å²) in [6.45, 7) is 4.47. The highest BCUT2D eigenvalue weighted by molar-refractivity contribution is 14.0. The Labute approximate surface area is 131 Å². The summed E-state index contributed by atoms with van der Waals surface area (Å²) in [5.41, 5.74) is 5.76. The molecule has 0 saturated heterocycles. The lowest BCUT2D eigenvalue weighted by Crippen LogP contribution is -2.32. The van der Waals surface area contributed by atoms with Gasteiger partial charge in [0.05, 0.1) is 0 Å². The van der Waals surface area contributed by atoms with Crippen molar-refractivity contribution in [1.82, 2.24) is 20.1 Å². The zero-order valence-electron chi connectivity index (χ0n) is 11.4. The lowest BCUT2D eigenvalue weighted by Gasteiger charge is -2.06. The van der Waals surface area contributed by atoms with E-state index >= 15 is 0 Å². The van der Waals surface area contributed by atoms with Crippen LogP contribution in [0.4, 0.5) is 0 Å². The van der Waals surface area contributed by atoms with Gasteiger partial charge in [-0.15, -0.1) is 34.2 Å². The fourth-order valence-corrected chi connectivity index (χ4v) is 2.13. The number of halogens is 1. The monoisotopic (exact) mass is 378 g/mol. The van der Waals surface area contributed by atoms with E-state index in [1.54, 1.807) is 0 Å². The molecular weight excluding hydrogens is 355 g/mol. The fourth-order valence-electron chi connectivity index (χ4n) is 2.13. The van der Waals surface area contributed by atoms with E-state index < -0.39 is 0 Å². The summed E-state index contributed by atoms with van der Waals surface area (Å²) in [4.78, 5) is 4.30. The Bertz CT molecular complexity index is 414. The smallest absolute Gasteiger partial charge is 0.189 e. The van der Waals surface area contributed by atoms with Crippen LogP contribution in [0.1, 0.15) is 44.3 Å². The Balaban J connectivity index is 0.00000180. The van der Waals surface area contributed by atoms with Crippen LogP contribution in [0.15, 0.2) is 4.99 Å². The summed E-state index contributed by atoms with van der Waals surface area (Å²) < 4.78 is 2.20. The Morgan fingerprint density at radius 1 is 1.37 bits per heavy atom. The molecule has 2 heterocycles. The van der Waals surface area contributed by atoms with Gasteiger partial charge in [-0.1, -0.05) is 13.3 Å². The molecule has 0 unspecified atom stereocenters. The van der Waals surface area contributed by atoms with E-state index in [1.807, 2.05) is 0 Å². The van der Waals surface area contributed by atoms with E-state index in [0.29, 0.717) is 12.5 Å². The molecule has 0 atom stereocenters. The summed E-state index contributed by atoms with van der Waals surface area (Å²) in [6, 6.07) is 0. The van der Waals surface area contributed by atoms with Gasteiger partial charge in [-0.05, 0) is 19.3 Å². The Hall–Kier alpha value is -0.860. The third-order valence-electron chi connectivity index (χ3n) is 3.13. The molecule has 1 aromatic heterocycles. The normalized spacial score (nSPS) is 15.3. The molecule has 0 aromatic carbocycles. The molecule has 0 spiro atoms. The van der Waals surface area contributed by atoms with Crippen LogP contribution in [0.3, 0.4) is 0 Å². The summed E-state index contributed by atoms with van der Waals surface area (Å²) in [7, 11) is 0. The van der Waals surface area contributed by atoms with Crippen LogP contribution in [-0.2, 0) is 19.5 Å². The second-order valence-electron chi connectivity index (χ2n) is 4.62. The highest BCUT2D eigenvalue weighted by Gasteiger charge is 2.13. The van der Waals surface area contributed by atoms with Gasteiger partial charge in [0, 0.05) is 19.5 Å². The molecule has 0 radical (unpaired) electrons. The number of fused-ring (bicyclic) bond motifs is 1. The molecule has 0 fully saturated rings. The molecule has 1 aromatic rings. The number of aliphatic imine (C=N–C) groups is 1. The lowest BCUT2D eigenvalue weighted by molar-refractivity contribution is 0.606. The second-order valence-corrected chi connectivity index (χ2v) is 4.62. The number of nitrogens with two attached hydrogens (primary N) is 1.